The highest BCUT2D eigenvalue weighted by Gasteiger charge is 2.24. The minimum atomic E-state index is -1.01. The van der Waals surface area contributed by atoms with Crippen molar-refractivity contribution in [3.05, 3.63) is 18.0 Å². The van der Waals surface area contributed by atoms with Crippen LogP contribution < -0.4 is 5.32 Å². The molecule has 1 amide bonds. The Labute approximate surface area is 117 Å². The first-order valence-corrected chi connectivity index (χ1v) is 6.74. The molecule has 20 heavy (non-hydrogen) atoms. The number of carboxylic acid groups (broad SMARTS) is 1. The average Bonchev–Trinajstić information content (AvgIpc) is 2.89. The van der Waals surface area contributed by atoms with E-state index in [1.54, 1.807) is 6.07 Å². The first-order chi connectivity index (χ1) is 9.49. The molecule has 0 bridgehead atoms. The maximum atomic E-state index is 12.2. The lowest BCUT2D eigenvalue weighted by Crippen LogP contribution is -2.44. The van der Waals surface area contributed by atoms with E-state index in [4.69, 9.17) is 5.11 Å². The number of aromatic nitrogens is 2. The predicted octanol–water partition coefficient (Wildman–Crippen LogP) is 0.353. The van der Waals surface area contributed by atoms with E-state index in [0.29, 0.717) is 5.69 Å². The molecule has 2 heterocycles. The van der Waals surface area contributed by atoms with Crippen LogP contribution in [0.15, 0.2) is 12.3 Å². The summed E-state index contributed by atoms with van der Waals surface area (Å²) in [6.07, 6.45) is 3.26. The van der Waals surface area contributed by atoms with E-state index >= 15 is 0 Å². The molecular formula is C13H20N4O3. The highest BCUT2D eigenvalue weighted by Crippen LogP contribution is 2.12. The van der Waals surface area contributed by atoms with Gasteiger partial charge in [-0.25, -0.2) is 9.48 Å². The molecule has 2 N–H and O–H groups in total. The predicted molar refractivity (Wildman–Crippen MR) is 72.6 cm³/mol. The lowest BCUT2D eigenvalue weighted by molar-refractivity contribution is -0.140. The van der Waals surface area contributed by atoms with Crippen LogP contribution in [0.5, 0.6) is 0 Å². The minimum Gasteiger partial charge on any atom is -0.480 e. The van der Waals surface area contributed by atoms with Crippen molar-refractivity contribution < 1.29 is 14.7 Å². The van der Waals surface area contributed by atoms with Crippen molar-refractivity contribution in [2.24, 2.45) is 0 Å². The van der Waals surface area contributed by atoms with Gasteiger partial charge in [-0.2, -0.15) is 5.10 Å². The van der Waals surface area contributed by atoms with Gasteiger partial charge in [0.2, 0.25) is 0 Å². The van der Waals surface area contributed by atoms with Crippen LogP contribution in [0.4, 0.5) is 0 Å². The first-order valence-electron chi connectivity index (χ1n) is 6.74. The number of piperidine rings is 1. The van der Waals surface area contributed by atoms with Gasteiger partial charge in [-0.1, -0.05) is 0 Å². The Bertz CT molecular complexity index is 492. The van der Waals surface area contributed by atoms with E-state index in [2.05, 4.69) is 22.4 Å². The van der Waals surface area contributed by atoms with Crippen LogP contribution in [0, 0.1) is 0 Å². The monoisotopic (exact) mass is 280 g/mol. The Morgan fingerprint density at radius 1 is 1.45 bits per heavy atom. The summed E-state index contributed by atoms with van der Waals surface area (Å²) in [6, 6.07) is 0.828. The van der Waals surface area contributed by atoms with Crippen LogP contribution in [-0.2, 0) is 4.79 Å². The minimum absolute atomic E-state index is 0.141. The second-order valence-electron chi connectivity index (χ2n) is 5.23. The Morgan fingerprint density at radius 2 is 2.10 bits per heavy atom. The molecule has 1 unspecified atom stereocenters. The second-order valence-corrected chi connectivity index (χ2v) is 5.23. The van der Waals surface area contributed by atoms with Crippen molar-refractivity contribution in [1.29, 1.82) is 0 Å². The van der Waals surface area contributed by atoms with Crippen molar-refractivity contribution in [2.45, 2.75) is 31.8 Å². The van der Waals surface area contributed by atoms with E-state index in [0.717, 1.165) is 25.9 Å². The quantitative estimate of drug-likeness (QED) is 0.831. The fourth-order valence-electron chi connectivity index (χ4n) is 2.32. The van der Waals surface area contributed by atoms with Gasteiger partial charge in [0.05, 0.1) is 0 Å². The van der Waals surface area contributed by atoms with Crippen molar-refractivity contribution >= 4 is 11.9 Å². The fourth-order valence-corrected chi connectivity index (χ4v) is 2.32. The van der Waals surface area contributed by atoms with Gasteiger partial charge in [-0.15, -0.1) is 0 Å². The zero-order valence-corrected chi connectivity index (χ0v) is 11.7. The number of aliphatic carboxylic acids is 1. The molecule has 1 aromatic rings. The molecule has 0 aromatic carbocycles. The number of hydrogen-bond acceptors (Lipinski definition) is 4. The smallest absolute Gasteiger partial charge is 0.328 e. The van der Waals surface area contributed by atoms with E-state index in [1.807, 2.05) is 0 Å². The SMILES string of the molecule is CC(C(=O)O)n1nccc1C(=O)NC1CCN(C)CC1. The number of rotatable bonds is 4. The van der Waals surface area contributed by atoms with Crippen molar-refractivity contribution in [3.63, 3.8) is 0 Å². The van der Waals surface area contributed by atoms with Gasteiger partial charge in [0.15, 0.2) is 0 Å². The third kappa shape index (κ3) is 3.16. The normalized spacial score (nSPS) is 18.7. The van der Waals surface area contributed by atoms with Crippen molar-refractivity contribution in [1.82, 2.24) is 20.0 Å². The molecule has 0 saturated carbocycles. The van der Waals surface area contributed by atoms with Crippen LogP contribution >= 0.6 is 0 Å². The van der Waals surface area contributed by atoms with Crippen LogP contribution in [-0.4, -0.2) is 57.8 Å². The molecule has 0 radical (unpaired) electrons. The van der Waals surface area contributed by atoms with Crippen LogP contribution in [0.25, 0.3) is 0 Å². The maximum absolute atomic E-state index is 12.2. The summed E-state index contributed by atoms with van der Waals surface area (Å²) in [7, 11) is 2.06. The number of amides is 1. The van der Waals surface area contributed by atoms with Crippen molar-refractivity contribution in [3.8, 4) is 0 Å². The Balaban J connectivity index is 2.03. The van der Waals surface area contributed by atoms with E-state index in [9.17, 15) is 9.59 Å². The van der Waals surface area contributed by atoms with Crippen LogP contribution in [0.1, 0.15) is 36.3 Å². The van der Waals surface area contributed by atoms with Gasteiger partial charge in [-0.3, -0.25) is 4.79 Å². The molecule has 1 fully saturated rings. The zero-order chi connectivity index (χ0) is 14.7. The first kappa shape index (κ1) is 14.5. The molecule has 0 aliphatic carbocycles. The van der Waals surface area contributed by atoms with Crippen LogP contribution in [0.2, 0.25) is 0 Å². The van der Waals surface area contributed by atoms with Gasteiger partial charge in [-0.05, 0) is 46.0 Å². The third-order valence-electron chi connectivity index (χ3n) is 3.68. The number of carbonyl (C=O) groups is 2. The zero-order valence-electron chi connectivity index (χ0n) is 11.7. The summed E-state index contributed by atoms with van der Waals surface area (Å²) in [4.78, 5) is 25.4. The Hall–Kier alpha value is -1.89. The summed E-state index contributed by atoms with van der Waals surface area (Å²) in [6.45, 7) is 3.41. The number of nitrogens with zero attached hydrogens (tertiary/aromatic N) is 3. The Kier molecular flexibility index (Phi) is 4.39. The van der Waals surface area contributed by atoms with Gasteiger partial charge in [0.1, 0.15) is 11.7 Å². The molecule has 2 rings (SSSR count). The number of carbonyl (C=O) groups excluding carboxylic acids is 1. The summed E-state index contributed by atoms with van der Waals surface area (Å²) in [5.41, 5.74) is 0.291. The molecule has 1 aromatic heterocycles. The number of likely N-dealkylation sites (tertiary alicyclic amines) is 1. The third-order valence-corrected chi connectivity index (χ3v) is 3.68. The molecular weight excluding hydrogens is 260 g/mol. The standard InChI is InChI=1S/C13H20N4O3/c1-9(13(19)20)17-11(3-6-14-17)12(18)15-10-4-7-16(2)8-5-10/h3,6,9-10H,4-5,7-8H2,1-2H3,(H,15,18)(H,19,20). The van der Waals surface area contributed by atoms with E-state index in [-0.39, 0.29) is 11.9 Å². The number of nitrogens with one attached hydrogen (secondary N) is 1. The summed E-state index contributed by atoms with van der Waals surface area (Å²) < 4.78 is 1.24. The summed E-state index contributed by atoms with van der Waals surface area (Å²) in [5.74, 6) is -1.27. The topological polar surface area (TPSA) is 87.5 Å². The lowest BCUT2D eigenvalue weighted by Gasteiger charge is -2.29. The number of carboxylic acids is 1. The van der Waals surface area contributed by atoms with Gasteiger partial charge in [0.25, 0.3) is 5.91 Å². The molecule has 1 aliphatic rings. The molecule has 1 atom stereocenters. The fraction of sp³-hybridized carbons (Fsp3) is 0.615. The molecule has 1 saturated heterocycles. The van der Waals surface area contributed by atoms with Crippen molar-refractivity contribution in [2.75, 3.05) is 20.1 Å². The van der Waals surface area contributed by atoms with Gasteiger partial charge in [0, 0.05) is 12.2 Å². The van der Waals surface area contributed by atoms with Crippen LogP contribution in [0.3, 0.4) is 0 Å². The molecule has 0 spiro atoms. The molecule has 110 valence electrons. The number of hydrogen-bond donors (Lipinski definition) is 2. The molecule has 7 heteroatoms. The Morgan fingerprint density at radius 3 is 2.70 bits per heavy atom. The second kappa shape index (κ2) is 6.04. The highest BCUT2D eigenvalue weighted by atomic mass is 16.4. The summed E-state index contributed by atoms with van der Waals surface area (Å²) in [5, 5.41) is 15.9. The molecule has 7 nitrogen and oxygen atoms in total. The average molecular weight is 280 g/mol. The summed E-state index contributed by atoms with van der Waals surface area (Å²) >= 11 is 0. The lowest BCUT2D eigenvalue weighted by atomic mass is 10.1. The van der Waals surface area contributed by atoms with E-state index in [1.165, 1.54) is 17.8 Å². The van der Waals surface area contributed by atoms with Gasteiger partial charge >= 0.3 is 5.97 Å². The maximum Gasteiger partial charge on any atom is 0.328 e. The largest absolute Gasteiger partial charge is 0.480 e. The molecule has 1 aliphatic heterocycles. The highest BCUT2D eigenvalue weighted by molar-refractivity contribution is 5.93. The van der Waals surface area contributed by atoms with Gasteiger partial charge < -0.3 is 15.3 Å². The van der Waals surface area contributed by atoms with E-state index < -0.39 is 12.0 Å².